The van der Waals surface area contributed by atoms with E-state index in [9.17, 15) is 9.59 Å². The highest BCUT2D eigenvalue weighted by Crippen LogP contribution is 2.37. The second-order valence-electron chi connectivity index (χ2n) is 8.99. The molecule has 1 saturated heterocycles. The maximum Gasteiger partial charge on any atom is 0.313 e. The van der Waals surface area contributed by atoms with Crippen molar-refractivity contribution in [1.29, 1.82) is 0 Å². The number of esters is 2. The molecule has 1 aliphatic heterocycles. The standard InChI is InChI=1S/C19H34O5/c1-10-11(2)13-12(3)14(23-16(20)18(4,5)6)15(22-13)24-17(21)19(7,8)9/h11-15H,10H2,1-9H3/t11-,12+,13+,14-,15+/m1/s1. The van der Waals surface area contributed by atoms with E-state index in [0.717, 1.165) is 6.42 Å². The van der Waals surface area contributed by atoms with Crippen LogP contribution in [0.2, 0.25) is 0 Å². The average Bonchev–Trinajstić information content (AvgIpc) is 2.73. The summed E-state index contributed by atoms with van der Waals surface area (Å²) < 4.78 is 17.3. The lowest BCUT2D eigenvalue weighted by Gasteiger charge is -2.27. The minimum Gasteiger partial charge on any atom is -0.455 e. The Morgan fingerprint density at radius 2 is 1.46 bits per heavy atom. The van der Waals surface area contributed by atoms with E-state index in [1.165, 1.54) is 0 Å². The van der Waals surface area contributed by atoms with E-state index >= 15 is 0 Å². The van der Waals surface area contributed by atoms with Crippen LogP contribution >= 0.6 is 0 Å². The summed E-state index contributed by atoms with van der Waals surface area (Å²) in [5.74, 6) is -0.427. The topological polar surface area (TPSA) is 61.8 Å². The molecule has 1 heterocycles. The first-order valence-corrected chi connectivity index (χ1v) is 8.86. The Balaban J connectivity index is 2.99. The van der Waals surface area contributed by atoms with Gasteiger partial charge in [0, 0.05) is 5.92 Å². The molecule has 5 nitrogen and oxygen atoms in total. The maximum absolute atomic E-state index is 12.3. The Bertz CT molecular complexity index is 457. The van der Waals surface area contributed by atoms with Gasteiger partial charge in [0.25, 0.3) is 0 Å². The van der Waals surface area contributed by atoms with Gasteiger partial charge in [-0.3, -0.25) is 9.59 Å². The molecular formula is C19H34O5. The van der Waals surface area contributed by atoms with E-state index in [-0.39, 0.29) is 29.9 Å². The molecule has 140 valence electrons. The number of ether oxygens (including phenoxy) is 3. The van der Waals surface area contributed by atoms with Crippen molar-refractivity contribution in [1.82, 2.24) is 0 Å². The minimum atomic E-state index is -0.850. The highest BCUT2D eigenvalue weighted by atomic mass is 16.7. The molecule has 1 fully saturated rings. The zero-order valence-electron chi connectivity index (χ0n) is 16.6. The number of hydrogen-bond donors (Lipinski definition) is 0. The molecule has 0 spiro atoms. The molecule has 5 heteroatoms. The van der Waals surface area contributed by atoms with Crippen LogP contribution in [0.25, 0.3) is 0 Å². The largest absolute Gasteiger partial charge is 0.455 e. The quantitative estimate of drug-likeness (QED) is 0.724. The van der Waals surface area contributed by atoms with Crippen molar-refractivity contribution in [3.63, 3.8) is 0 Å². The van der Waals surface area contributed by atoms with Crippen LogP contribution in [-0.4, -0.2) is 30.4 Å². The van der Waals surface area contributed by atoms with Gasteiger partial charge in [0.2, 0.25) is 6.29 Å². The van der Waals surface area contributed by atoms with Gasteiger partial charge in [-0.05, 0) is 47.5 Å². The summed E-state index contributed by atoms with van der Waals surface area (Å²) in [5, 5.41) is 0. The fourth-order valence-electron chi connectivity index (χ4n) is 2.52. The SMILES string of the molecule is CC[C@@H](C)[C@@H]1O[C@@H](OC(=O)C(C)(C)C)[C@H](OC(=O)C(C)(C)C)[C@H]1C. The summed E-state index contributed by atoms with van der Waals surface area (Å²) in [4.78, 5) is 24.6. The van der Waals surface area contributed by atoms with Gasteiger partial charge in [0.05, 0.1) is 16.9 Å². The van der Waals surface area contributed by atoms with Crippen LogP contribution < -0.4 is 0 Å². The third-order valence-corrected chi connectivity index (χ3v) is 4.49. The van der Waals surface area contributed by atoms with Crippen LogP contribution in [0, 0.1) is 22.7 Å². The molecule has 0 aliphatic carbocycles. The van der Waals surface area contributed by atoms with Gasteiger partial charge in [-0.25, -0.2) is 0 Å². The summed E-state index contributed by atoms with van der Waals surface area (Å²) in [7, 11) is 0. The molecule has 0 N–H and O–H groups in total. The molecular weight excluding hydrogens is 308 g/mol. The van der Waals surface area contributed by atoms with Gasteiger partial charge in [0.1, 0.15) is 0 Å². The van der Waals surface area contributed by atoms with Gasteiger partial charge in [-0.15, -0.1) is 0 Å². The van der Waals surface area contributed by atoms with E-state index in [1.807, 2.05) is 6.92 Å². The molecule has 0 aromatic carbocycles. The number of rotatable bonds is 4. The van der Waals surface area contributed by atoms with Gasteiger partial charge in [-0.1, -0.05) is 27.2 Å². The van der Waals surface area contributed by atoms with Crippen LogP contribution in [0.3, 0.4) is 0 Å². The summed E-state index contributed by atoms with van der Waals surface area (Å²) in [6.07, 6.45) is -0.598. The van der Waals surface area contributed by atoms with Crippen LogP contribution in [0.1, 0.15) is 68.7 Å². The Morgan fingerprint density at radius 1 is 1.00 bits per heavy atom. The van der Waals surface area contributed by atoms with Gasteiger partial charge >= 0.3 is 11.9 Å². The molecule has 0 aromatic rings. The number of hydrogen-bond acceptors (Lipinski definition) is 5. The lowest BCUT2D eigenvalue weighted by atomic mass is 9.89. The van der Waals surface area contributed by atoms with E-state index in [2.05, 4.69) is 13.8 Å². The molecule has 24 heavy (non-hydrogen) atoms. The Labute approximate surface area is 146 Å². The summed E-state index contributed by atoms with van der Waals surface area (Å²) in [5.41, 5.74) is -1.26. The van der Waals surface area contributed by atoms with E-state index in [4.69, 9.17) is 14.2 Å². The lowest BCUT2D eigenvalue weighted by molar-refractivity contribution is -0.207. The zero-order chi connectivity index (χ0) is 18.9. The summed E-state index contributed by atoms with van der Waals surface area (Å²) >= 11 is 0. The lowest BCUT2D eigenvalue weighted by Crippen LogP contribution is -2.39. The molecule has 1 aliphatic rings. The fourth-order valence-corrected chi connectivity index (χ4v) is 2.52. The van der Waals surface area contributed by atoms with Crippen molar-refractivity contribution in [2.75, 3.05) is 0 Å². The second kappa shape index (κ2) is 7.42. The van der Waals surface area contributed by atoms with Crippen molar-refractivity contribution >= 4 is 11.9 Å². The van der Waals surface area contributed by atoms with Crippen molar-refractivity contribution < 1.29 is 23.8 Å². The predicted octanol–water partition coefficient (Wildman–Crippen LogP) is 3.94. The molecule has 5 atom stereocenters. The smallest absolute Gasteiger partial charge is 0.313 e. The molecule has 0 amide bonds. The summed E-state index contributed by atoms with van der Waals surface area (Å²) in [6.45, 7) is 16.9. The van der Waals surface area contributed by atoms with Crippen LogP contribution in [-0.2, 0) is 23.8 Å². The average molecular weight is 342 g/mol. The Kier molecular flexibility index (Phi) is 6.48. The van der Waals surface area contributed by atoms with Gasteiger partial charge in [0.15, 0.2) is 6.10 Å². The predicted molar refractivity (Wildman–Crippen MR) is 92.2 cm³/mol. The van der Waals surface area contributed by atoms with Crippen molar-refractivity contribution in [2.24, 2.45) is 22.7 Å². The highest BCUT2D eigenvalue weighted by molar-refractivity contribution is 5.76. The molecule has 0 bridgehead atoms. The normalized spacial score (nSPS) is 29.2. The Hall–Kier alpha value is -1.10. The van der Waals surface area contributed by atoms with Gasteiger partial charge in [-0.2, -0.15) is 0 Å². The second-order valence-corrected chi connectivity index (χ2v) is 8.99. The third kappa shape index (κ3) is 4.95. The molecule has 0 aromatic heterocycles. The zero-order valence-corrected chi connectivity index (χ0v) is 16.6. The third-order valence-electron chi connectivity index (χ3n) is 4.49. The highest BCUT2D eigenvalue weighted by Gasteiger charge is 2.49. The number of carbonyl (C=O) groups excluding carboxylic acids is 2. The van der Waals surface area contributed by atoms with Crippen molar-refractivity contribution in [2.45, 2.75) is 87.2 Å². The van der Waals surface area contributed by atoms with E-state index in [1.54, 1.807) is 41.5 Å². The Morgan fingerprint density at radius 3 is 1.88 bits per heavy atom. The van der Waals surface area contributed by atoms with Crippen molar-refractivity contribution in [3.8, 4) is 0 Å². The van der Waals surface area contributed by atoms with E-state index < -0.39 is 23.2 Å². The fraction of sp³-hybridized carbons (Fsp3) is 0.895. The first-order valence-electron chi connectivity index (χ1n) is 8.86. The molecule has 1 rings (SSSR count). The van der Waals surface area contributed by atoms with Gasteiger partial charge < -0.3 is 14.2 Å². The number of carbonyl (C=O) groups is 2. The van der Waals surface area contributed by atoms with E-state index in [0.29, 0.717) is 0 Å². The first kappa shape index (κ1) is 20.9. The molecule has 0 radical (unpaired) electrons. The summed E-state index contributed by atoms with van der Waals surface area (Å²) in [6, 6.07) is 0. The maximum atomic E-state index is 12.3. The van der Waals surface area contributed by atoms with Crippen LogP contribution in [0.4, 0.5) is 0 Å². The van der Waals surface area contributed by atoms with Crippen molar-refractivity contribution in [3.05, 3.63) is 0 Å². The molecule has 0 saturated carbocycles. The van der Waals surface area contributed by atoms with Crippen LogP contribution in [0.5, 0.6) is 0 Å². The van der Waals surface area contributed by atoms with Crippen LogP contribution in [0.15, 0.2) is 0 Å². The monoisotopic (exact) mass is 342 g/mol. The first-order chi connectivity index (χ1) is 10.8. The minimum absolute atomic E-state index is 0.0379. The molecule has 0 unspecified atom stereocenters.